The Morgan fingerprint density at radius 2 is 1.71 bits per heavy atom. The van der Waals surface area contributed by atoms with E-state index in [2.05, 4.69) is 12.1 Å². The molecule has 0 amide bonds. The molecule has 28 heavy (non-hydrogen) atoms. The van der Waals surface area contributed by atoms with E-state index in [4.69, 9.17) is 10.5 Å². The van der Waals surface area contributed by atoms with Gasteiger partial charge in [-0.05, 0) is 79.9 Å². The van der Waals surface area contributed by atoms with Crippen molar-refractivity contribution in [3.63, 3.8) is 0 Å². The molecule has 4 aliphatic rings. The molecule has 2 N–H and O–H groups in total. The third-order valence-electron chi connectivity index (χ3n) is 7.25. The van der Waals surface area contributed by atoms with Crippen molar-refractivity contribution < 1.29 is 17.5 Å². The molecule has 0 heterocycles. The molecule has 1 aromatic rings. The summed E-state index contributed by atoms with van der Waals surface area (Å²) in [4.78, 5) is 0. The number of hydrogen-bond acceptors (Lipinski definition) is 4. The fourth-order valence-electron chi connectivity index (χ4n) is 5.10. The summed E-state index contributed by atoms with van der Waals surface area (Å²) in [5.41, 5.74) is 7.39. The highest BCUT2D eigenvalue weighted by Crippen LogP contribution is 2.58. The van der Waals surface area contributed by atoms with Crippen LogP contribution in [0.15, 0.2) is 36.2 Å². The van der Waals surface area contributed by atoms with Crippen LogP contribution in [-0.4, -0.2) is 32.6 Å². The first-order valence-electron chi connectivity index (χ1n) is 10.3. The van der Waals surface area contributed by atoms with Crippen LogP contribution in [0.25, 0.3) is 0 Å². The number of sulfone groups is 1. The normalized spacial score (nSPS) is 30.4. The molecule has 154 valence electrons. The van der Waals surface area contributed by atoms with E-state index in [9.17, 15) is 12.8 Å². The highest BCUT2D eigenvalue weighted by Gasteiger charge is 2.52. The molecule has 0 saturated heterocycles. The van der Waals surface area contributed by atoms with Gasteiger partial charge in [0.2, 0.25) is 0 Å². The molecule has 4 nitrogen and oxygen atoms in total. The molecule has 2 bridgehead atoms. The Labute approximate surface area is 167 Å². The summed E-state index contributed by atoms with van der Waals surface area (Å²) in [6.07, 6.45) is 8.47. The minimum absolute atomic E-state index is 0.0174. The second-order valence-electron chi connectivity index (χ2n) is 9.07. The van der Waals surface area contributed by atoms with Gasteiger partial charge in [-0.25, -0.2) is 12.8 Å². The quantitative estimate of drug-likeness (QED) is 0.706. The van der Waals surface area contributed by atoms with E-state index in [0.29, 0.717) is 23.4 Å². The van der Waals surface area contributed by atoms with Gasteiger partial charge in [-0.1, -0.05) is 12.1 Å². The minimum atomic E-state index is -2.90. The largest absolute Gasteiger partial charge is 0.489 e. The van der Waals surface area contributed by atoms with Crippen molar-refractivity contribution in [1.29, 1.82) is 0 Å². The molecule has 0 atom stereocenters. The Kier molecular flexibility index (Phi) is 5.29. The molecule has 0 aromatic heterocycles. The summed E-state index contributed by atoms with van der Waals surface area (Å²) in [7, 11) is -2.90. The Balaban J connectivity index is 1.40. The average molecular weight is 408 g/mol. The van der Waals surface area contributed by atoms with Crippen LogP contribution in [0.1, 0.15) is 56.9 Å². The Hall–Kier alpha value is -1.40. The molecular weight excluding hydrogens is 377 g/mol. The summed E-state index contributed by atoms with van der Waals surface area (Å²) in [6, 6.07) is 8.14. The van der Waals surface area contributed by atoms with Gasteiger partial charge in [-0.3, -0.25) is 0 Å². The number of benzene rings is 1. The summed E-state index contributed by atoms with van der Waals surface area (Å²) in [6.45, 7) is 0.311. The highest BCUT2D eigenvalue weighted by molar-refractivity contribution is 7.92. The van der Waals surface area contributed by atoms with Crippen molar-refractivity contribution in [2.45, 2.75) is 62.0 Å². The standard InChI is InChI=1S/C22H30FNO3S/c23-13-17(14-24)15-27-19-3-1-18(2-4-19)22-10-7-21(8-11-22,9-12-22)16-28(25,26)20-5-6-20/h1-4,13,20H,5-12,14-16,24H2/b17-13+. The number of fused-ring (bicyclic) bond motifs is 3. The summed E-state index contributed by atoms with van der Waals surface area (Å²) < 4.78 is 43.3. The van der Waals surface area contributed by atoms with Gasteiger partial charge in [0.15, 0.2) is 9.84 Å². The summed E-state index contributed by atoms with van der Waals surface area (Å²) in [5.74, 6) is 1.11. The van der Waals surface area contributed by atoms with Crippen LogP contribution >= 0.6 is 0 Å². The van der Waals surface area contributed by atoms with Gasteiger partial charge < -0.3 is 10.5 Å². The van der Waals surface area contributed by atoms with Crippen molar-refractivity contribution >= 4 is 9.84 Å². The number of rotatable bonds is 8. The summed E-state index contributed by atoms with van der Waals surface area (Å²) >= 11 is 0. The van der Waals surface area contributed by atoms with E-state index in [0.717, 1.165) is 51.4 Å². The zero-order valence-corrected chi connectivity index (χ0v) is 17.1. The average Bonchev–Trinajstić information content (AvgIpc) is 3.56. The molecule has 4 saturated carbocycles. The van der Waals surface area contributed by atoms with E-state index in [1.807, 2.05) is 12.1 Å². The minimum Gasteiger partial charge on any atom is -0.489 e. The Morgan fingerprint density at radius 3 is 2.21 bits per heavy atom. The van der Waals surface area contributed by atoms with E-state index in [1.165, 1.54) is 5.56 Å². The first-order chi connectivity index (χ1) is 13.4. The lowest BCUT2D eigenvalue weighted by Gasteiger charge is -2.53. The number of ether oxygens (including phenoxy) is 1. The van der Waals surface area contributed by atoms with Gasteiger partial charge in [0.05, 0.1) is 17.3 Å². The molecule has 0 spiro atoms. The molecular formula is C22H30FNO3S. The van der Waals surface area contributed by atoms with Gasteiger partial charge >= 0.3 is 0 Å². The predicted molar refractivity (Wildman–Crippen MR) is 109 cm³/mol. The van der Waals surface area contributed by atoms with Crippen LogP contribution in [0.3, 0.4) is 0 Å². The number of hydrogen-bond donors (Lipinski definition) is 1. The molecule has 1 aromatic carbocycles. The number of nitrogens with two attached hydrogens (primary N) is 1. The van der Waals surface area contributed by atoms with E-state index in [1.54, 1.807) is 0 Å². The van der Waals surface area contributed by atoms with Crippen LogP contribution in [-0.2, 0) is 15.3 Å². The zero-order chi connectivity index (χ0) is 19.8. The fraction of sp³-hybridized carbons (Fsp3) is 0.636. The first kappa shape index (κ1) is 19.9. The SMILES string of the molecule is NC/C(=C\F)COc1ccc(C23CCC(CS(=O)(=O)C4CC4)(CC2)CC3)cc1. The van der Waals surface area contributed by atoms with Crippen molar-refractivity contribution in [3.05, 3.63) is 41.7 Å². The van der Waals surface area contributed by atoms with E-state index in [-0.39, 0.29) is 29.2 Å². The topological polar surface area (TPSA) is 69.4 Å². The molecule has 6 heteroatoms. The van der Waals surface area contributed by atoms with Crippen molar-refractivity contribution in [3.8, 4) is 5.75 Å². The summed E-state index contributed by atoms with van der Waals surface area (Å²) in [5, 5.41) is -0.0462. The lowest BCUT2D eigenvalue weighted by Crippen LogP contribution is -2.47. The third kappa shape index (κ3) is 3.86. The molecule has 0 aliphatic heterocycles. The van der Waals surface area contributed by atoms with E-state index >= 15 is 0 Å². The second kappa shape index (κ2) is 7.45. The van der Waals surface area contributed by atoms with Crippen LogP contribution in [0.4, 0.5) is 4.39 Å². The Morgan fingerprint density at radius 1 is 1.11 bits per heavy atom. The first-order valence-corrected chi connectivity index (χ1v) is 12.1. The van der Waals surface area contributed by atoms with Gasteiger partial charge in [0, 0.05) is 12.1 Å². The maximum atomic E-state index is 12.6. The number of halogens is 1. The zero-order valence-electron chi connectivity index (χ0n) is 16.3. The third-order valence-corrected chi connectivity index (χ3v) is 9.75. The van der Waals surface area contributed by atoms with Gasteiger partial charge in [-0.15, -0.1) is 0 Å². The maximum absolute atomic E-state index is 12.6. The predicted octanol–water partition coefficient (Wildman–Crippen LogP) is 4.05. The van der Waals surface area contributed by atoms with Crippen LogP contribution in [0.5, 0.6) is 5.75 Å². The van der Waals surface area contributed by atoms with Gasteiger partial charge in [0.25, 0.3) is 0 Å². The molecule has 0 radical (unpaired) electrons. The molecule has 0 unspecified atom stereocenters. The Bertz CT molecular complexity index is 819. The molecule has 4 fully saturated rings. The maximum Gasteiger partial charge on any atom is 0.153 e. The highest BCUT2D eigenvalue weighted by atomic mass is 32.2. The van der Waals surface area contributed by atoms with Crippen molar-refractivity contribution in [2.24, 2.45) is 11.1 Å². The van der Waals surface area contributed by atoms with Crippen molar-refractivity contribution in [2.75, 3.05) is 18.9 Å². The monoisotopic (exact) mass is 407 g/mol. The van der Waals surface area contributed by atoms with Crippen molar-refractivity contribution in [1.82, 2.24) is 0 Å². The molecule has 4 aliphatic carbocycles. The molecule has 5 rings (SSSR count). The van der Waals surface area contributed by atoms with E-state index < -0.39 is 9.84 Å². The van der Waals surface area contributed by atoms with Crippen LogP contribution in [0.2, 0.25) is 0 Å². The van der Waals surface area contributed by atoms with Crippen LogP contribution in [0, 0.1) is 5.41 Å². The van der Waals surface area contributed by atoms with Gasteiger partial charge in [0.1, 0.15) is 12.4 Å². The van der Waals surface area contributed by atoms with Gasteiger partial charge in [-0.2, -0.15) is 0 Å². The lowest BCUT2D eigenvalue weighted by molar-refractivity contribution is 0.0581. The van der Waals surface area contributed by atoms with Crippen LogP contribution < -0.4 is 10.5 Å². The lowest BCUT2D eigenvalue weighted by atomic mass is 9.52. The second-order valence-corrected chi connectivity index (χ2v) is 11.4. The smallest absolute Gasteiger partial charge is 0.153 e. The fourth-order valence-corrected chi connectivity index (χ4v) is 7.48.